The summed E-state index contributed by atoms with van der Waals surface area (Å²) in [5.41, 5.74) is -0.129. The minimum absolute atomic E-state index is 0.0891. The second-order valence-corrected chi connectivity index (χ2v) is 7.17. The molecule has 1 amide bonds. The Kier molecular flexibility index (Phi) is 5.73. The molecule has 2 aromatic carbocycles. The highest BCUT2D eigenvalue weighted by Crippen LogP contribution is 2.31. The van der Waals surface area contributed by atoms with E-state index in [-0.39, 0.29) is 23.2 Å². The summed E-state index contributed by atoms with van der Waals surface area (Å²) in [5, 5.41) is 3.79. The van der Waals surface area contributed by atoms with Crippen LogP contribution < -0.4 is 0 Å². The lowest BCUT2D eigenvalue weighted by Crippen LogP contribution is -2.48. The standard InChI is InChI=1S/C21H18F4N4O2/c22-17-6-4-14(5-7-17)20(30)29-10-8-28(9-11-29)13-18-26-19(27-31-18)15-2-1-3-16(12-15)21(23,24)25/h1-7,12H,8-11,13H2. The second kappa shape index (κ2) is 8.46. The van der Waals surface area contributed by atoms with Gasteiger partial charge < -0.3 is 9.42 Å². The molecule has 6 nitrogen and oxygen atoms in total. The van der Waals surface area contributed by atoms with Gasteiger partial charge in [-0.3, -0.25) is 9.69 Å². The number of benzene rings is 2. The Balaban J connectivity index is 1.35. The number of carbonyl (C=O) groups is 1. The van der Waals surface area contributed by atoms with Gasteiger partial charge in [-0.05, 0) is 36.4 Å². The zero-order valence-electron chi connectivity index (χ0n) is 16.3. The lowest BCUT2D eigenvalue weighted by molar-refractivity contribution is -0.137. The molecule has 162 valence electrons. The molecule has 0 spiro atoms. The molecule has 0 atom stereocenters. The van der Waals surface area contributed by atoms with Crippen LogP contribution in [-0.4, -0.2) is 52.0 Å². The highest BCUT2D eigenvalue weighted by atomic mass is 19.4. The molecule has 31 heavy (non-hydrogen) atoms. The van der Waals surface area contributed by atoms with Gasteiger partial charge in [0.15, 0.2) is 0 Å². The van der Waals surface area contributed by atoms with Crippen LogP contribution in [-0.2, 0) is 12.7 Å². The molecular formula is C21H18F4N4O2. The Morgan fingerprint density at radius 1 is 1.03 bits per heavy atom. The number of alkyl halides is 3. The summed E-state index contributed by atoms with van der Waals surface area (Å²) in [4.78, 5) is 20.4. The number of aromatic nitrogens is 2. The van der Waals surface area contributed by atoms with E-state index in [1.165, 1.54) is 36.4 Å². The molecule has 10 heteroatoms. The maximum atomic E-state index is 13.0. The highest BCUT2D eigenvalue weighted by molar-refractivity contribution is 5.94. The van der Waals surface area contributed by atoms with Gasteiger partial charge in [0.2, 0.25) is 11.7 Å². The SMILES string of the molecule is O=C(c1ccc(F)cc1)N1CCN(Cc2nc(-c3cccc(C(F)(F)F)c3)no2)CC1. The predicted octanol–water partition coefficient (Wildman–Crippen LogP) is 3.85. The Morgan fingerprint density at radius 3 is 2.42 bits per heavy atom. The van der Waals surface area contributed by atoms with Crippen LogP contribution in [0.15, 0.2) is 53.1 Å². The molecule has 1 fully saturated rings. The van der Waals surface area contributed by atoms with Gasteiger partial charge in [-0.25, -0.2) is 4.39 Å². The Hall–Kier alpha value is -3.27. The molecule has 1 saturated heterocycles. The van der Waals surface area contributed by atoms with Crippen molar-refractivity contribution in [3.05, 3.63) is 71.4 Å². The van der Waals surface area contributed by atoms with E-state index in [9.17, 15) is 22.4 Å². The number of hydrogen-bond donors (Lipinski definition) is 0. The lowest BCUT2D eigenvalue weighted by atomic mass is 10.1. The molecule has 2 heterocycles. The van der Waals surface area contributed by atoms with Gasteiger partial charge in [-0.2, -0.15) is 18.2 Å². The van der Waals surface area contributed by atoms with Gasteiger partial charge in [0.25, 0.3) is 5.91 Å². The van der Waals surface area contributed by atoms with Crippen molar-refractivity contribution >= 4 is 5.91 Å². The van der Waals surface area contributed by atoms with Crippen molar-refractivity contribution in [2.45, 2.75) is 12.7 Å². The predicted molar refractivity (Wildman–Crippen MR) is 102 cm³/mol. The summed E-state index contributed by atoms with van der Waals surface area (Å²) in [5.74, 6) is -0.188. The fraction of sp³-hybridized carbons (Fsp3) is 0.286. The van der Waals surface area contributed by atoms with E-state index < -0.39 is 17.6 Å². The van der Waals surface area contributed by atoms with E-state index >= 15 is 0 Å². The quantitative estimate of drug-likeness (QED) is 0.584. The first-order valence-electron chi connectivity index (χ1n) is 9.57. The molecule has 4 rings (SSSR count). The van der Waals surface area contributed by atoms with Crippen LogP contribution in [0.3, 0.4) is 0 Å². The first kappa shape index (κ1) is 21.0. The van der Waals surface area contributed by atoms with E-state index in [1.54, 1.807) is 4.90 Å². The van der Waals surface area contributed by atoms with Gasteiger partial charge in [-0.1, -0.05) is 17.3 Å². The maximum Gasteiger partial charge on any atom is 0.416 e. The topological polar surface area (TPSA) is 62.5 Å². The third kappa shape index (κ3) is 4.91. The van der Waals surface area contributed by atoms with E-state index in [0.717, 1.165) is 12.1 Å². The van der Waals surface area contributed by atoms with Gasteiger partial charge in [0, 0.05) is 37.3 Å². The van der Waals surface area contributed by atoms with Crippen LogP contribution in [0.25, 0.3) is 11.4 Å². The van der Waals surface area contributed by atoms with E-state index in [1.807, 2.05) is 4.90 Å². The number of piperazine rings is 1. The second-order valence-electron chi connectivity index (χ2n) is 7.17. The van der Waals surface area contributed by atoms with Crippen LogP contribution in [0.2, 0.25) is 0 Å². The minimum Gasteiger partial charge on any atom is -0.338 e. The summed E-state index contributed by atoms with van der Waals surface area (Å²) < 4.78 is 56.9. The smallest absolute Gasteiger partial charge is 0.338 e. The van der Waals surface area contributed by atoms with Crippen LogP contribution in [0, 0.1) is 5.82 Å². The molecule has 0 radical (unpaired) electrons. The Labute approximate surface area is 175 Å². The summed E-state index contributed by atoms with van der Waals surface area (Å²) in [6.45, 7) is 2.41. The van der Waals surface area contributed by atoms with Crippen LogP contribution in [0.1, 0.15) is 21.8 Å². The molecule has 0 unspecified atom stereocenters. The van der Waals surface area contributed by atoms with Crippen molar-refractivity contribution in [3.8, 4) is 11.4 Å². The molecule has 1 aromatic heterocycles. The minimum atomic E-state index is -4.45. The molecule has 3 aromatic rings. The normalized spacial score (nSPS) is 15.3. The molecule has 0 saturated carbocycles. The maximum absolute atomic E-state index is 13.0. The van der Waals surface area contributed by atoms with Gasteiger partial charge in [-0.15, -0.1) is 0 Å². The number of amides is 1. The molecule has 0 aliphatic carbocycles. The third-order valence-electron chi connectivity index (χ3n) is 5.03. The largest absolute Gasteiger partial charge is 0.416 e. The van der Waals surface area contributed by atoms with Crippen molar-refractivity contribution < 1.29 is 26.9 Å². The number of hydrogen-bond acceptors (Lipinski definition) is 5. The summed E-state index contributed by atoms with van der Waals surface area (Å²) in [6, 6.07) is 10.2. The van der Waals surface area contributed by atoms with Crippen molar-refractivity contribution in [2.75, 3.05) is 26.2 Å². The zero-order chi connectivity index (χ0) is 22.0. The third-order valence-corrected chi connectivity index (χ3v) is 5.03. The summed E-state index contributed by atoms with van der Waals surface area (Å²) >= 11 is 0. The lowest BCUT2D eigenvalue weighted by Gasteiger charge is -2.34. The number of carbonyl (C=O) groups excluding carboxylic acids is 1. The average molecular weight is 434 g/mol. The number of halogens is 4. The van der Waals surface area contributed by atoms with Crippen molar-refractivity contribution in [1.29, 1.82) is 0 Å². The molecular weight excluding hydrogens is 416 g/mol. The van der Waals surface area contributed by atoms with Gasteiger partial charge in [0.05, 0.1) is 12.1 Å². The molecule has 0 N–H and O–H groups in total. The average Bonchev–Trinajstić information content (AvgIpc) is 3.22. The summed E-state index contributed by atoms with van der Waals surface area (Å²) in [7, 11) is 0. The number of rotatable bonds is 4. The first-order chi connectivity index (χ1) is 14.8. The van der Waals surface area contributed by atoms with Crippen LogP contribution in [0.5, 0.6) is 0 Å². The van der Waals surface area contributed by atoms with Crippen LogP contribution in [0.4, 0.5) is 17.6 Å². The van der Waals surface area contributed by atoms with E-state index in [2.05, 4.69) is 10.1 Å². The first-order valence-corrected chi connectivity index (χ1v) is 9.57. The zero-order valence-corrected chi connectivity index (χ0v) is 16.3. The van der Waals surface area contributed by atoms with Crippen LogP contribution >= 0.6 is 0 Å². The molecule has 1 aliphatic rings. The van der Waals surface area contributed by atoms with Gasteiger partial charge >= 0.3 is 6.18 Å². The van der Waals surface area contributed by atoms with E-state index in [4.69, 9.17) is 4.52 Å². The summed E-state index contributed by atoms with van der Waals surface area (Å²) in [6.07, 6.45) is -4.45. The monoisotopic (exact) mass is 434 g/mol. The van der Waals surface area contributed by atoms with E-state index in [0.29, 0.717) is 38.3 Å². The van der Waals surface area contributed by atoms with Crippen molar-refractivity contribution in [2.24, 2.45) is 0 Å². The molecule has 1 aliphatic heterocycles. The van der Waals surface area contributed by atoms with Gasteiger partial charge in [0.1, 0.15) is 5.82 Å². The highest BCUT2D eigenvalue weighted by Gasteiger charge is 2.31. The van der Waals surface area contributed by atoms with Crippen molar-refractivity contribution in [3.63, 3.8) is 0 Å². The fourth-order valence-corrected chi connectivity index (χ4v) is 3.35. The fourth-order valence-electron chi connectivity index (χ4n) is 3.35. The van der Waals surface area contributed by atoms with Crippen molar-refractivity contribution in [1.82, 2.24) is 19.9 Å². The number of nitrogens with zero attached hydrogens (tertiary/aromatic N) is 4. The Bertz CT molecular complexity index is 1060. The Morgan fingerprint density at radius 2 is 1.74 bits per heavy atom. The molecule has 0 bridgehead atoms.